The Labute approximate surface area is 238 Å². The second kappa shape index (κ2) is 12.7. The number of rotatable bonds is 13. The first-order valence-corrected chi connectivity index (χ1v) is 14.7. The SMILES string of the molecule is COc1nc(N)nc2c1ncn2C1OC(COP(=O)(NC(C)COCC(C)C)Oc2ccccc2)C(O)C1(C)C#N. The van der Waals surface area contributed by atoms with Crippen LogP contribution in [0.3, 0.4) is 0 Å². The zero-order valence-corrected chi connectivity index (χ0v) is 24.5. The van der Waals surface area contributed by atoms with E-state index in [9.17, 15) is 14.9 Å². The first-order valence-electron chi connectivity index (χ1n) is 13.1. The van der Waals surface area contributed by atoms with Crippen LogP contribution in [-0.4, -0.2) is 69.8 Å². The summed E-state index contributed by atoms with van der Waals surface area (Å²) < 4.78 is 44.0. The van der Waals surface area contributed by atoms with E-state index in [1.165, 1.54) is 18.0 Å². The number of para-hydroxylation sites is 1. The Morgan fingerprint density at radius 3 is 2.66 bits per heavy atom. The van der Waals surface area contributed by atoms with Crippen LogP contribution >= 0.6 is 7.75 Å². The van der Waals surface area contributed by atoms with E-state index in [1.54, 1.807) is 44.2 Å². The summed E-state index contributed by atoms with van der Waals surface area (Å²) >= 11 is 0. The standard InChI is InChI=1S/C26H36N7O7P/c1-16(2)11-37-12-17(3)32-41(35,40-18-9-7-6-8-10-18)38-13-19-21(34)26(4,14-27)24(39-19)33-15-29-20-22(33)30-25(28)31-23(20)36-5/h6-10,15-17,19,21,24,34H,11-13H2,1-5H3,(H,32,35)(H2,28,30,31). The van der Waals surface area contributed by atoms with Crippen molar-refractivity contribution in [2.45, 2.75) is 52.2 Å². The lowest BCUT2D eigenvalue weighted by molar-refractivity contribution is -0.0440. The van der Waals surface area contributed by atoms with E-state index in [1.807, 2.05) is 13.8 Å². The number of nitrogens with two attached hydrogens (primary N) is 1. The molecule has 3 heterocycles. The van der Waals surface area contributed by atoms with Crippen LogP contribution in [0.2, 0.25) is 0 Å². The zero-order chi connectivity index (χ0) is 29.8. The summed E-state index contributed by atoms with van der Waals surface area (Å²) in [5.41, 5.74) is 4.94. The lowest BCUT2D eigenvalue weighted by Gasteiger charge is -2.26. The van der Waals surface area contributed by atoms with Crippen LogP contribution < -0.4 is 20.1 Å². The molecule has 0 saturated carbocycles. The van der Waals surface area contributed by atoms with Gasteiger partial charge in [0.15, 0.2) is 17.4 Å². The molecule has 0 aliphatic carbocycles. The van der Waals surface area contributed by atoms with Crippen molar-refractivity contribution in [2.75, 3.05) is 32.7 Å². The van der Waals surface area contributed by atoms with Gasteiger partial charge in [-0.1, -0.05) is 32.0 Å². The monoisotopic (exact) mass is 589 g/mol. The van der Waals surface area contributed by atoms with Gasteiger partial charge in [0.25, 0.3) is 0 Å². The quantitative estimate of drug-likeness (QED) is 0.247. The molecule has 1 aromatic carbocycles. The number of nitrogens with zero attached hydrogens (tertiary/aromatic N) is 5. The molecule has 4 rings (SSSR count). The number of nitrogen functional groups attached to an aromatic ring is 1. The fraction of sp³-hybridized carbons (Fsp3) is 0.538. The number of fused-ring (bicyclic) bond motifs is 1. The maximum absolute atomic E-state index is 13.9. The van der Waals surface area contributed by atoms with Crippen molar-refractivity contribution < 1.29 is 32.9 Å². The van der Waals surface area contributed by atoms with E-state index in [0.29, 0.717) is 23.8 Å². The molecule has 0 bridgehead atoms. The van der Waals surface area contributed by atoms with Crippen LogP contribution in [0.5, 0.6) is 11.6 Å². The molecule has 1 fully saturated rings. The Kier molecular flexibility index (Phi) is 9.48. The minimum Gasteiger partial charge on any atom is -0.479 e. The summed E-state index contributed by atoms with van der Waals surface area (Å²) in [7, 11) is -2.58. The molecule has 0 spiro atoms. The van der Waals surface area contributed by atoms with Gasteiger partial charge in [0.1, 0.15) is 23.4 Å². The molecule has 3 aromatic rings. The molecule has 4 N–H and O–H groups in total. The van der Waals surface area contributed by atoms with Crippen molar-refractivity contribution in [1.29, 1.82) is 5.26 Å². The Morgan fingerprint density at radius 2 is 2.00 bits per heavy atom. The Hall–Kier alpha value is -3.31. The summed E-state index contributed by atoms with van der Waals surface area (Å²) in [6.45, 7) is 7.85. The number of hydrogen-bond acceptors (Lipinski definition) is 12. The molecule has 222 valence electrons. The number of aliphatic hydroxyl groups is 1. The van der Waals surface area contributed by atoms with Crippen LogP contribution in [0, 0.1) is 22.7 Å². The van der Waals surface area contributed by atoms with Crippen molar-refractivity contribution >= 4 is 24.9 Å². The maximum atomic E-state index is 13.9. The summed E-state index contributed by atoms with van der Waals surface area (Å²) in [5.74, 6) is 0.748. The number of aliphatic hydroxyl groups excluding tert-OH is 1. The van der Waals surface area contributed by atoms with Crippen molar-refractivity contribution in [1.82, 2.24) is 24.6 Å². The minimum atomic E-state index is -4.00. The first-order chi connectivity index (χ1) is 19.5. The Bertz CT molecular complexity index is 1420. The lowest BCUT2D eigenvalue weighted by atomic mass is 9.84. The number of imidazole rings is 1. The van der Waals surface area contributed by atoms with Gasteiger partial charge < -0.3 is 29.6 Å². The van der Waals surface area contributed by atoms with Gasteiger partial charge >= 0.3 is 7.75 Å². The first kappa shape index (κ1) is 30.6. The minimum absolute atomic E-state index is 0.0650. The lowest BCUT2D eigenvalue weighted by Crippen LogP contribution is -2.38. The molecule has 15 heteroatoms. The van der Waals surface area contributed by atoms with Gasteiger partial charge in [0.05, 0.1) is 32.7 Å². The molecule has 0 amide bonds. The van der Waals surface area contributed by atoms with Crippen molar-refractivity contribution in [3.8, 4) is 17.7 Å². The van der Waals surface area contributed by atoms with Crippen LogP contribution in [0.25, 0.3) is 11.2 Å². The third-order valence-electron chi connectivity index (χ3n) is 6.45. The van der Waals surface area contributed by atoms with Gasteiger partial charge in [-0.2, -0.15) is 15.2 Å². The molecule has 6 atom stereocenters. The third kappa shape index (κ3) is 6.78. The molecule has 2 aromatic heterocycles. The Morgan fingerprint density at radius 1 is 1.27 bits per heavy atom. The van der Waals surface area contributed by atoms with E-state index in [0.717, 1.165) is 0 Å². The summed E-state index contributed by atoms with van der Waals surface area (Å²) in [6, 6.07) is 10.3. The van der Waals surface area contributed by atoms with E-state index in [4.69, 9.17) is 29.0 Å². The second-order valence-corrected chi connectivity index (χ2v) is 12.1. The zero-order valence-electron chi connectivity index (χ0n) is 23.6. The highest BCUT2D eigenvalue weighted by Crippen LogP contribution is 2.49. The average molecular weight is 590 g/mol. The normalized spacial score (nSPS) is 24.7. The van der Waals surface area contributed by atoms with Crippen LogP contribution in [-0.2, 0) is 18.6 Å². The molecule has 0 radical (unpaired) electrons. The van der Waals surface area contributed by atoms with Gasteiger partial charge in [-0.25, -0.2) is 14.6 Å². The van der Waals surface area contributed by atoms with Gasteiger partial charge in [0, 0.05) is 12.6 Å². The molecule has 14 nitrogen and oxygen atoms in total. The molecule has 1 aliphatic rings. The fourth-order valence-electron chi connectivity index (χ4n) is 4.41. The number of methoxy groups -OCH3 is 1. The van der Waals surface area contributed by atoms with Crippen molar-refractivity contribution in [3.05, 3.63) is 36.7 Å². The fourth-order valence-corrected chi connectivity index (χ4v) is 5.95. The number of aromatic nitrogens is 4. The number of benzene rings is 1. The largest absolute Gasteiger partial charge is 0.479 e. The number of nitriles is 1. The smallest absolute Gasteiger partial charge is 0.459 e. The highest BCUT2D eigenvalue weighted by Gasteiger charge is 2.55. The number of nitrogens with one attached hydrogen (secondary N) is 1. The predicted molar refractivity (Wildman–Crippen MR) is 149 cm³/mol. The molecule has 1 saturated heterocycles. The summed E-state index contributed by atoms with van der Waals surface area (Å²) in [6.07, 6.45) is -2.05. The maximum Gasteiger partial charge on any atom is 0.459 e. The summed E-state index contributed by atoms with van der Waals surface area (Å²) in [5, 5.41) is 24.2. The molecule has 41 heavy (non-hydrogen) atoms. The van der Waals surface area contributed by atoms with Crippen LogP contribution in [0.1, 0.15) is 33.9 Å². The third-order valence-corrected chi connectivity index (χ3v) is 8.15. The summed E-state index contributed by atoms with van der Waals surface area (Å²) in [4.78, 5) is 12.6. The van der Waals surface area contributed by atoms with Gasteiger partial charge in [-0.3, -0.25) is 9.09 Å². The molecular weight excluding hydrogens is 553 g/mol. The van der Waals surface area contributed by atoms with E-state index in [-0.39, 0.29) is 30.7 Å². The van der Waals surface area contributed by atoms with Crippen molar-refractivity contribution in [3.63, 3.8) is 0 Å². The molecule has 6 unspecified atom stereocenters. The number of ether oxygens (including phenoxy) is 3. The predicted octanol–water partition coefficient (Wildman–Crippen LogP) is 3.06. The highest BCUT2D eigenvalue weighted by atomic mass is 31.2. The van der Waals surface area contributed by atoms with Gasteiger partial charge in [0.2, 0.25) is 11.8 Å². The molecular formula is C26H36N7O7P. The highest BCUT2D eigenvalue weighted by molar-refractivity contribution is 7.52. The average Bonchev–Trinajstić information content (AvgIpc) is 3.45. The second-order valence-electron chi connectivity index (χ2n) is 10.4. The topological polar surface area (TPSA) is 189 Å². The number of anilines is 1. The molecule has 1 aliphatic heterocycles. The van der Waals surface area contributed by atoms with Gasteiger partial charge in [-0.15, -0.1) is 0 Å². The number of hydrogen-bond donors (Lipinski definition) is 3. The van der Waals surface area contributed by atoms with Crippen LogP contribution in [0.4, 0.5) is 5.95 Å². The Balaban J connectivity index is 1.56. The van der Waals surface area contributed by atoms with E-state index in [2.05, 4.69) is 26.1 Å². The van der Waals surface area contributed by atoms with E-state index < -0.39 is 37.6 Å². The van der Waals surface area contributed by atoms with Crippen LogP contribution in [0.15, 0.2) is 36.7 Å². The van der Waals surface area contributed by atoms with Gasteiger partial charge in [-0.05, 0) is 31.9 Å². The van der Waals surface area contributed by atoms with E-state index >= 15 is 0 Å². The van der Waals surface area contributed by atoms with Crippen molar-refractivity contribution in [2.24, 2.45) is 11.3 Å².